The summed E-state index contributed by atoms with van der Waals surface area (Å²) in [4.78, 5) is 49.9. The van der Waals surface area contributed by atoms with Gasteiger partial charge in [-0.15, -0.1) is 0 Å². The molecule has 0 radical (unpaired) electrons. The van der Waals surface area contributed by atoms with Crippen molar-refractivity contribution in [3.8, 4) is 0 Å². The highest BCUT2D eigenvalue weighted by atomic mass is 32.2. The molecule has 0 aromatic carbocycles. The smallest absolute Gasteiger partial charge is 0.408 e. The van der Waals surface area contributed by atoms with Gasteiger partial charge in [-0.1, -0.05) is 168 Å². The van der Waals surface area contributed by atoms with E-state index in [1.165, 1.54) is 140 Å². The largest absolute Gasteiger partial charge is 0.462 e. The number of amides is 2. The van der Waals surface area contributed by atoms with E-state index in [0.29, 0.717) is 24.3 Å². The first kappa shape index (κ1) is 54.0. The molecule has 11 heteroatoms. The summed E-state index contributed by atoms with van der Waals surface area (Å²) in [6.45, 7) is 9.35. The molecule has 0 heterocycles. The molecule has 0 rings (SSSR count). The molecule has 0 spiro atoms. The van der Waals surface area contributed by atoms with Crippen LogP contribution in [0.5, 0.6) is 0 Å². The van der Waals surface area contributed by atoms with Gasteiger partial charge in [0.2, 0.25) is 5.91 Å². The lowest BCUT2D eigenvalue weighted by Crippen LogP contribution is -2.50. The van der Waals surface area contributed by atoms with Crippen LogP contribution in [0.4, 0.5) is 4.79 Å². The van der Waals surface area contributed by atoms with E-state index >= 15 is 0 Å². The fraction of sp³-hybridized carbons (Fsp3) is 0.911. The summed E-state index contributed by atoms with van der Waals surface area (Å²) >= 11 is 1.47. The van der Waals surface area contributed by atoms with Gasteiger partial charge in [-0.05, 0) is 33.6 Å². The molecule has 2 atom stereocenters. The molecule has 0 aliphatic heterocycles. The summed E-state index contributed by atoms with van der Waals surface area (Å²) in [6.07, 6.45) is 31.5. The SMILES string of the molecule is CCCCCCCCCCCCCCCC(=O)OC[C@H](CSCCNC(=O)[C@@H](CO)NC(=O)OC(C)(C)C)OC(=O)CCCCCCCCCCCCCCC. The fourth-order valence-electron chi connectivity index (χ4n) is 6.42. The van der Waals surface area contributed by atoms with Crippen molar-refractivity contribution in [2.45, 2.75) is 232 Å². The standard InChI is InChI=1S/C45H86N2O8S/c1-6-8-10-12-14-16-18-20-22-24-26-28-30-32-41(49)53-37-39(38-56-35-34-46-43(51)40(36-48)47-44(52)55-45(3,4)5)54-42(50)33-31-29-27-25-23-21-19-17-15-13-11-9-7-2/h39-40,48H,6-38H2,1-5H3,(H,46,51)(H,47,52)/t39-,40-/m1/s1. The van der Waals surface area contributed by atoms with Crippen molar-refractivity contribution in [1.29, 1.82) is 0 Å². The average Bonchev–Trinajstić information content (AvgIpc) is 3.15. The molecule has 0 aliphatic rings. The monoisotopic (exact) mass is 815 g/mol. The van der Waals surface area contributed by atoms with Gasteiger partial charge in [0.15, 0.2) is 0 Å². The van der Waals surface area contributed by atoms with Crippen LogP contribution in [-0.2, 0) is 28.6 Å². The number of carbonyl (C=O) groups is 4. The molecule has 0 fully saturated rings. The van der Waals surface area contributed by atoms with E-state index in [-0.39, 0.29) is 25.1 Å². The highest BCUT2D eigenvalue weighted by molar-refractivity contribution is 7.99. The van der Waals surface area contributed by atoms with Crippen LogP contribution in [-0.4, -0.2) is 78.1 Å². The second-order valence-electron chi connectivity index (χ2n) is 16.5. The lowest BCUT2D eigenvalue weighted by molar-refractivity contribution is -0.157. The van der Waals surface area contributed by atoms with Crippen molar-refractivity contribution in [2.75, 3.05) is 31.3 Å². The van der Waals surface area contributed by atoms with Crippen LogP contribution < -0.4 is 10.6 Å². The fourth-order valence-corrected chi connectivity index (χ4v) is 7.26. The van der Waals surface area contributed by atoms with Crippen molar-refractivity contribution in [2.24, 2.45) is 0 Å². The predicted octanol–water partition coefficient (Wildman–Crippen LogP) is 11.1. The molecule has 3 N–H and O–H groups in total. The second kappa shape index (κ2) is 38.5. The number of unbranched alkanes of at least 4 members (excludes halogenated alkanes) is 24. The van der Waals surface area contributed by atoms with E-state index in [2.05, 4.69) is 24.5 Å². The number of rotatable bonds is 39. The van der Waals surface area contributed by atoms with Gasteiger partial charge >= 0.3 is 18.0 Å². The summed E-state index contributed by atoms with van der Waals surface area (Å²) < 4.78 is 16.5. The number of ether oxygens (including phenoxy) is 3. The predicted molar refractivity (Wildman–Crippen MR) is 232 cm³/mol. The number of hydrogen-bond donors (Lipinski definition) is 3. The molecule has 0 bridgehead atoms. The molecule has 0 saturated carbocycles. The molecule has 10 nitrogen and oxygen atoms in total. The first-order valence-electron chi connectivity index (χ1n) is 22.8. The molecule has 0 aliphatic carbocycles. The van der Waals surface area contributed by atoms with Crippen molar-refractivity contribution < 1.29 is 38.5 Å². The third-order valence-electron chi connectivity index (χ3n) is 9.74. The first-order chi connectivity index (χ1) is 27.0. The molecule has 0 aromatic rings. The van der Waals surface area contributed by atoms with Gasteiger partial charge < -0.3 is 30.0 Å². The zero-order valence-electron chi connectivity index (χ0n) is 36.7. The minimum atomic E-state index is -1.14. The van der Waals surface area contributed by atoms with E-state index in [4.69, 9.17) is 14.2 Å². The highest BCUT2D eigenvalue weighted by Gasteiger charge is 2.24. The number of esters is 2. The van der Waals surface area contributed by atoms with E-state index in [0.717, 1.165) is 38.5 Å². The lowest BCUT2D eigenvalue weighted by Gasteiger charge is -2.22. The van der Waals surface area contributed by atoms with Gasteiger partial charge in [0.25, 0.3) is 0 Å². The number of hydrogen-bond acceptors (Lipinski definition) is 9. The van der Waals surface area contributed by atoms with Crippen LogP contribution >= 0.6 is 11.8 Å². The Kier molecular flexibility index (Phi) is 37.1. The number of aliphatic hydroxyl groups is 1. The molecular formula is C45H86N2O8S. The molecule has 0 aromatic heterocycles. The zero-order valence-corrected chi connectivity index (χ0v) is 37.5. The second-order valence-corrected chi connectivity index (χ2v) is 17.7. The topological polar surface area (TPSA) is 140 Å². The van der Waals surface area contributed by atoms with Gasteiger partial charge in [-0.2, -0.15) is 11.8 Å². The Hall–Kier alpha value is -2.01. The van der Waals surface area contributed by atoms with Gasteiger partial charge in [-0.25, -0.2) is 4.79 Å². The number of aliphatic hydroxyl groups excluding tert-OH is 1. The molecule has 330 valence electrons. The van der Waals surface area contributed by atoms with Crippen molar-refractivity contribution in [3.63, 3.8) is 0 Å². The Morgan fingerprint density at radius 1 is 0.607 bits per heavy atom. The average molecular weight is 815 g/mol. The van der Waals surface area contributed by atoms with Gasteiger partial charge in [-0.3, -0.25) is 14.4 Å². The minimum absolute atomic E-state index is 0.00732. The van der Waals surface area contributed by atoms with Crippen LogP contribution in [0.25, 0.3) is 0 Å². The third-order valence-corrected chi connectivity index (χ3v) is 10.8. The van der Waals surface area contributed by atoms with Crippen LogP contribution in [0.15, 0.2) is 0 Å². The summed E-state index contributed by atoms with van der Waals surface area (Å²) in [5.74, 6) is -0.169. The lowest BCUT2D eigenvalue weighted by atomic mass is 10.0. The third kappa shape index (κ3) is 37.6. The van der Waals surface area contributed by atoms with Crippen LogP contribution in [0.1, 0.15) is 214 Å². The van der Waals surface area contributed by atoms with Gasteiger partial charge in [0, 0.05) is 30.9 Å². The van der Waals surface area contributed by atoms with E-state index in [1.807, 2.05) is 0 Å². The molecule has 56 heavy (non-hydrogen) atoms. The van der Waals surface area contributed by atoms with E-state index in [9.17, 15) is 24.3 Å². The molecule has 0 unspecified atom stereocenters. The van der Waals surface area contributed by atoms with Crippen LogP contribution in [0.2, 0.25) is 0 Å². The maximum atomic E-state index is 12.8. The van der Waals surface area contributed by atoms with Gasteiger partial charge in [0.1, 0.15) is 24.4 Å². The summed E-state index contributed by atoms with van der Waals surface area (Å²) in [7, 11) is 0. The van der Waals surface area contributed by atoms with Crippen molar-refractivity contribution in [1.82, 2.24) is 10.6 Å². The van der Waals surface area contributed by atoms with Crippen LogP contribution in [0, 0.1) is 0 Å². The van der Waals surface area contributed by atoms with E-state index in [1.54, 1.807) is 20.8 Å². The Morgan fingerprint density at radius 2 is 1.02 bits per heavy atom. The summed E-state index contributed by atoms with van der Waals surface area (Å²) in [5.41, 5.74) is -0.732. The normalized spacial score (nSPS) is 12.5. The number of thioether (sulfide) groups is 1. The molecule has 2 amide bonds. The van der Waals surface area contributed by atoms with Crippen molar-refractivity contribution >= 4 is 35.7 Å². The maximum absolute atomic E-state index is 12.8. The Balaban J connectivity index is 4.52. The zero-order chi connectivity index (χ0) is 41.5. The van der Waals surface area contributed by atoms with Crippen molar-refractivity contribution in [3.05, 3.63) is 0 Å². The Morgan fingerprint density at radius 3 is 1.43 bits per heavy atom. The van der Waals surface area contributed by atoms with Crippen LogP contribution in [0.3, 0.4) is 0 Å². The highest BCUT2D eigenvalue weighted by Crippen LogP contribution is 2.16. The summed E-state index contributed by atoms with van der Waals surface area (Å²) in [5, 5.41) is 14.7. The van der Waals surface area contributed by atoms with E-state index < -0.39 is 36.4 Å². The number of alkyl carbamates (subject to hydrolysis) is 1. The molecular weight excluding hydrogens is 729 g/mol. The number of carbonyl (C=O) groups excluding carboxylic acids is 4. The number of nitrogens with one attached hydrogen (secondary N) is 2. The maximum Gasteiger partial charge on any atom is 0.408 e. The van der Waals surface area contributed by atoms with Gasteiger partial charge in [0.05, 0.1) is 6.61 Å². The minimum Gasteiger partial charge on any atom is -0.462 e. The Bertz CT molecular complexity index is 961. The first-order valence-corrected chi connectivity index (χ1v) is 24.0. The quantitative estimate of drug-likeness (QED) is 0.0314. The molecule has 0 saturated heterocycles. The Labute approximate surface area is 347 Å². The summed E-state index contributed by atoms with van der Waals surface area (Å²) in [6, 6.07) is -1.14.